The van der Waals surface area contributed by atoms with E-state index in [1.54, 1.807) is 0 Å². The Morgan fingerprint density at radius 2 is 1.56 bits per heavy atom. The predicted octanol–water partition coefficient (Wildman–Crippen LogP) is 9.14. The van der Waals surface area contributed by atoms with E-state index in [-0.39, 0.29) is 0 Å². The molecule has 0 aromatic heterocycles. The van der Waals surface area contributed by atoms with Crippen LogP contribution in [0, 0.1) is 20.5 Å². The molecule has 1 saturated heterocycles. The molecule has 3 nitrogen and oxygen atoms in total. The Morgan fingerprint density at radius 3 is 1.97 bits per heavy atom. The molecule has 1 heterocycles. The van der Waals surface area contributed by atoms with Crippen LogP contribution >= 0.6 is 38.2 Å². The van der Waals surface area contributed by atoms with Crippen LogP contribution in [0.5, 0.6) is 0 Å². The quantitative estimate of drug-likeness (QED) is 0.159. The van der Waals surface area contributed by atoms with Gasteiger partial charge in [0, 0.05) is 13.0 Å². The van der Waals surface area contributed by atoms with Crippen molar-refractivity contribution in [2.24, 2.45) is 4.99 Å². The van der Waals surface area contributed by atoms with Crippen LogP contribution in [-0.4, -0.2) is 23.8 Å². The number of aliphatic imine (C=N–C) groups is 1. The van der Waals surface area contributed by atoms with Crippen molar-refractivity contribution in [2.45, 2.75) is 72.1 Å². The summed E-state index contributed by atoms with van der Waals surface area (Å²) < 4.78 is 4.82. The van der Waals surface area contributed by atoms with E-state index in [4.69, 9.17) is 39.9 Å². The van der Waals surface area contributed by atoms with E-state index in [1.165, 1.54) is 23.1 Å². The van der Waals surface area contributed by atoms with Gasteiger partial charge >= 0.3 is 41.5 Å². The van der Waals surface area contributed by atoms with Gasteiger partial charge in [0.1, 0.15) is 5.84 Å². The summed E-state index contributed by atoms with van der Waals surface area (Å²) in [5.41, 5.74) is 6.18. The van der Waals surface area contributed by atoms with Gasteiger partial charge in [-0.05, 0) is 58.2 Å². The van der Waals surface area contributed by atoms with Gasteiger partial charge in [-0.25, -0.2) is 16.7 Å². The summed E-state index contributed by atoms with van der Waals surface area (Å²) in [6.07, 6.45) is 3.22. The third-order valence-electron chi connectivity index (χ3n) is 5.14. The summed E-state index contributed by atoms with van der Waals surface area (Å²) in [5, 5.41) is 3.86. The van der Waals surface area contributed by atoms with Gasteiger partial charge in [0.15, 0.2) is 0 Å². The molecular formula is C26H39Cl3CrN2OP+. The molecule has 34 heavy (non-hydrogen) atoms. The molecule has 2 aromatic rings. The standard InChI is InChI=1S/C22H31N2P.C4H7O.3ClH.Cr/c1-16(2)25(17(3)4)24-21(15-20-13-8-7-9-14-20)23-22-18(5)11-10-12-19(22)6;1-2-4-5-3-1;;;;/h7-14,16-17H,15H2,1-6H3,(H,23,24);3H,1-2,4H2;3*1H;/q;-1;;;;+4/p-2. The third-order valence-corrected chi connectivity index (χ3v) is 8.20. The first kappa shape index (κ1) is 31.7. The fraction of sp³-hybridized carbons (Fsp3) is 0.462. The van der Waals surface area contributed by atoms with E-state index in [1.807, 2.05) is 6.61 Å². The second kappa shape index (κ2) is 18.0. The van der Waals surface area contributed by atoms with Crippen molar-refractivity contribution < 1.29 is 16.1 Å². The van der Waals surface area contributed by atoms with Gasteiger partial charge in [-0.1, -0.05) is 55.0 Å². The van der Waals surface area contributed by atoms with Crippen molar-refractivity contribution >= 4 is 49.7 Å². The fourth-order valence-electron chi connectivity index (χ4n) is 3.56. The van der Waals surface area contributed by atoms with Gasteiger partial charge in [-0.15, -0.1) is 0 Å². The van der Waals surface area contributed by atoms with Crippen LogP contribution in [0.4, 0.5) is 5.69 Å². The van der Waals surface area contributed by atoms with E-state index in [0.717, 1.165) is 31.0 Å². The van der Waals surface area contributed by atoms with Crippen LogP contribution in [0.3, 0.4) is 0 Å². The second-order valence-corrected chi connectivity index (χ2v) is 18.5. The van der Waals surface area contributed by atoms with Gasteiger partial charge in [-0.3, -0.25) is 0 Å². The second-order valence-electron chi connectivity index (χ2n) is 8.71. The van der Waals surface area contributed by atoms with E-state index in [2.05, 4.69) is 95.2 Å². The number of nitrogens with zero attached hydrogens (tertiary/aromatic N) is 1. The van der Waals surface area contributed by atoms with Crippen molar-refractivity contribution in [3.8, 4) is 0 Å². The molecule has 190 valence electrons. The SMILES string of the molecule is Cc1cccc(C)c1N=C(Cc1ccccc1)N[PH+](C(C)C)C(C)C.[CH-]1CCCO1.[Cl][Cr+]([Cl])[Cl]. The summed E-state index contributed by atoms with van der Waals surface area (Å²) in [6.45, 7) is 16.4. The minimum atomic E-state index is -1.62. The van der Waals surface area contributed by atoms with Gasteiger partial charge in [0.25, 0.3) is 0 Å². The van der Waals surface area contributed by atoms with Gasteiger partial charge in [0.2, 0.25) is 0 Å². The molecule has 1 aliphatic heterocycles. The normalized spacial score (nSPS) is 13.6. The summed E-state index contributed by atoms with van der Waals surface area (Å²) in [5.74, 6) is 1.10. The van der Waals surface area contributed by atoms with E-state index in [9.17, 15) is 0 Å². The number of hydrogen-bond acceptors (Lipinski definition) is 2. The Hall–Kier alpha value is -0.298. The van der Waals surface area contributed by atoms with E-state index >= 15 is 0 Å². The first-order valence-electron chi connectivity index (χ1n) is 11.6. The average Bonchev–Trinajstić information content (AvgIpc) is 3.34. The molecule has 3 rings (SSSR count). The van der Waals surface area contributed by atoms with E-state index in [0.29, 0.717) is 11.3 Å². The summed E-state index contributed by atoms with van der Waals surface area (Å²) in [6, 6.07) is 17.0. The van der Waals surface area contributed by atoms with Crippen molar-refractivity contribution in [1.29, 1.82) is 0 Å². The zero-order valence-corrected chi connectivity index (χ0v) is 25.6. The number of ether oxygens (including phenoxy) is 1. The van der Waals surface area contributed by atoms with Gasteiger partial charge in [-0.2, -0.15) is 6.42 Å². The Bertz CT molecular complexity index is 809. The summed E-state index contributed by atoms with van der Waals surface area (Å²) in [4.78, 5) is 5.09. The molecular weight excluding hydrogens is 546 g/mol. The molecule has 0 atom stereocenters. The zero-order chi connectivity index (χ0) is 25.5. The first-order chi connectivity index (χ1) is 16.1. The number of para-hydroxylation sites is 1. The topological polar surface area (TPSA) is 33.6 Å². The Kier molecular flexibility index (Phi) is 16.8. The third kappa shape index (κ3) is 13.7. The van der Waals surface area contributed by atoms with Crippen LogP contribution < -0.4 is 5.09 Å². The maximum atomic E-state index is 5.09. The Balaban J connectivity index is 0.000000537. The van der Waals surface area contributed by atoms with Crippen molar-refractivity contribution in [3.05, 3.63) is 71.8 Å². The minimum absolute atomic E-state index is 0.656. The van der Waals surface area contributed by atoms with Crippen molar-refractivity contribution in [3.63, 3.8) is 0 Å². The molecule has 8 heteroatoms. The predicted molar refractivity (Wildman–Crippen MR) is 152 cm³/mol. The number of benzene rings is 2. The number of aryl methyl sites for hydroxylation is 2. The van der Waals surface area contributed by atoms with Crippen molar-refractivity contribution in [2.75, 3.05) is 6.61 Å². The van der Waals surface area contributed by atoms with Gasteiger partial charge < -0.3 is 4.74 Å². The van der Waals surface area contributed by atoms with Gasteiger partial charge in [0.05, 0.1) is 25.1 Å². The molecule has 1 N–H and O–H groups in total. The molecule has 1 fully saturated rings. The zero-order valence-electron chi connectivity index (χ0n) is 21.1. The molecule has 0 amide bonds. The monoisotopic (exact) mass is 583 g/mol. The first-order valence-corrected chi connectivity index (χ1v) is 18.5. The number of amidine groups is 1. The fourth-order valence-corrected chi connectivity index (χ4v) is 5.94. The summed E-state index contributed by atoms with van der Waals surface area (Å²) >= 11 is -1.62. The molecule has 0 saturated carbocycles. The average molecular weight is 585 g/mol. The van der Waals surface area contributed by atoms with Crippen LogP contribution in [0.15, 0.2) is 53.5 Å². The molecule has 0 radical (unpaired) electrons. The Morgan fingerprint density at radius 1 is 1.00 bits per heavy atom. The van der Waals surface area contributed by atoms with Crippen LogP contribution in [0.25, 0.3) is 0 Å². The summed E-state index contributed by atoms with van der Waals surface area (Å²) in [7, 11) is 14.1. The molecule has 0 aliphatic carbocycles. The molecule has 2 aromatic carbocycles. The van der Waals surface area contributed by atoms with Crippen LogP contribution in [0.2, 0.25) is 0 Å². The van der Waals surface area contributed by atoms with Crippen LogP contribution in [0.1, 0.15) is 57.2 Å². The molecule has 0 unspecified atom stereocenters. The number of halogens is 3. The maximum absolute atomic E-state index is 5.09. The van der Waals surface area contributed by atoms with Crippen molar-refractivity contribution in [1.82, 2.24) is 5.09 Å². The Labute approximate surface area is 225 Å². The number of nitrogens with one attached hydrogen (secondary N) is 1. The molecule has 0 bridgehead atoms. The molecule has 1 aliphatic rings. The molecule has 0 spiro atoms. The van der Waals surface area contributed by atoms with Crippen LogP contribution in [-0.2, 0) is 22.5 Å². The van der Waals surface area contributed by atoms with E-state index < -0.39 is 19.5 Å². The number of rotatable bonds is 6. The number of hydrogen-bond donors (Lipinski definition) is 1.